The van der Waals surface area contributed by atoms with Gasteiger partial charge in [0.2, 0.25) is 0 Å². The van der Waals surface area contributed by atoms with Gasteiger partial charge < -0.3 is 9.84 Å². The Kier molecular flexibility index (Phi) is 7.02. The van der Waals surface area contributed by atoms with E-state index in [0.29, 0.717) is 6.20 Å². The first-order valence-electron chi connectivity index (χ1n) is 9.64. The predicted octanol–water partition coefficient (Wildman–Crippen LogP) is 1.08. The summed E-state index contributed by atoms with van der Waals surface area (Å²) in [6.45, 7) is -0.728. The molecule has 0 radical (unpaired) electrons. The standard InChI is InChI=1S/C17H22F2N6O7S2/c1-9-15(8-24(23-9)16(18)19)33(28,29)25-10(2)14(7-21-34(30,31)20-3)32-13-5-4-11(6-12(13)25)22-17(26)27/h4-6,8,10,14,16,20-22H,7H2,1-3H3,(H,26,27)/t10-,14+/m1/s1. The summed E-state index contributed by atoms with van der Waals surface area (Å²) in [5.41, 5.74) is -0.236. The second-order valence-electron chi connectivity index (χ2n) is 7.20. The third kappa shape index (κ3) is 5.06. The first kappa shape index (κ1) is 25.6. The van der Waals surface area contributed by atoms with Gasteiger partial charge in [0, 0.05) is 12.7 Å². The van der Waals surface area contributed by atoms with Crippen molar-refractivity contribution in [1.29, 1.82) is 0 Å². The Morgan fingerprint density at radius 2 is 1.97 bits per heavy atom. The highest BCUT2D eigenvalue weighted by Crippen LogP contribution is 2.42. The number of carboxylic acid groups (broad SMARTS) is 1. The number of alkyl halides is 2. The Morgan fingerprint density at radius 3 is 2.53 bits per heavy atom. The Morgan fingerprint density at radius 1 is 1.29 bits per heavy atom. The van der Waals surface area contributed by atoms with Gasteiger partial charge in [0.1, 0.15) is 16.7 Å². The van der Waals surface area contributed by atoms with Gasteiger partial charge >= 0.3 is 12.6 Å². The fraction of sp³-hybridized carbons (Fsp3) is 0.412. The number of nitrogens with zero attached hydrogens (tertiary/aromatic N) is 3. The highest BCUT2D eigenvalue weighted by molar-refractivity contribution is 7.93. The van der Waals surface area contributed by atoms with Gasteiger partial charge in [0.25, 0.3) is 20.2 Å². The topological polar surface area (TPSA) is 172 Å². The number of rotatable bonds is 8. The molecular weight excluding hydrogens is 502 g/mol. The van der Waals surface area contributed by atoms with Crippen molar-refractivity contribution < 1.29 is 40.3 Å². The molecule has 0 fully saturated rings. The lowest BCUT2D eigenvalue weighted by atomic mass is 10.1. The van der Waals surface area contributed by atoms with Gasteiger partial charge in [0.05, 0.1) is 30.2 Å². The van der Waals surface area contributed by atoms with Crippen LogP contribution in [0.15, 0.2) is 29.3 Å². The Balaban J connectivity index is 2.12. The van der Waals surface area contributed by atoms with Gasteiger partial charge in [-0.3, -0.25) is 9.62 Å². The van der Waals surface area contributed by atoms with E-state index < -0.39 is 49.9 Å². The molecule has 0 unspecified atom stereocenters. The SMILES string of the molecule is CNS(=O)(=O)NC[C@@H]1Oc2ccc(NC(=O)O)cc2N(S(=O)(=O)c2cn(C(F)F)nc2C)[C@@H]1C. The maximum atomic E-state index is 13.6. The molecule has 0 bridgehead atoms. The second-order valence-corrected chi connectivity index (χ2v) is 10.7. The molecular formula is C17H22F2N6O7S2. The van der Waals surface area contributed by atoms with E-state index in [1.807, 2.05) is 0 Å². The van der Waals surface area contributed by atoms with Gasteiger partial charge in [0.15, 0.2) is 0 Å². The molecule has 0 saturated heterocycles. The number of hydrogen-bond donors (Lipinski definition) is 4. The normalized spacial score (nSPS) is 18.5. The molecule has 17 heteroatoms. The molecule has 4 N–H and O–H groups in total. The Hall–Kier alpha value is -3.02. The van der Waals surface area contributed by atoms with Crippen LogP contribution in [0.5, 0.6) is 5.75 Å². The zero-order chi connectivity index (χ0) is 25.4. The summed E-state index contributed by atoms with van der Waals surface area (Å²) in [5, 5.41) is 14.6. The van der Waals surface area contributed by atoms with Crippen molar-refractivity contribution in [1.82, 2.24) is 19.2 Å². The van der Waals surface area contributed by atoms with Gasteiger partial charge in [-0.25, -0.2) is 22.6 Å². The molecule has 34 heavy (non-hydrogen) atoms. The van der Waals surface area contributed by atoms with E-state index in [1.165, 1.54) is 39.1 Å². The van der Waals surface area contributed by atoms with Crippen LogP contribution in [0.1, 0.15) is 19.2 Å². The number of aryl methyl sites for hydroxylation is 1. The van der Waals surface area contributed by atoms with Gasteiger partial charge in [-0.05, 0) is 32.0 Å². The average molecular weight is 525 g/mol. The van der Waals surface area contributed by atoms with Crippen molar-refractivity contribution in [3.63, 3.8) is 0 Å². The lowest BCUT2D eigenvalue weighted by Crippen LogP contribution is -2.55. The van der Waals surface area contributed by atoms with Crippen LogP contribution in [0.3, 0.4) is 0 Å². The van der Waals surface area contributed by atoms with Crippen molar-refractivity contribution in [3.8, 4) is 5.75 Å². The molecule has 2 heterocycles. The number of carbonyl (C=O) groups is 1. The first-order valence-corrected chi connectivity index (χ1v) is 12.6. The zero-order valence-electron chi connectivity index (χ0n) is 18.1. The molecule has 1 aromatic carbocycles. The number of nitrogens with one attached hydrogen (secondary N) is 3. The lowest BCUT2D eigenvalue weighted by molar-refractivity contribution is 0.0561. The molecule has 1 amide bonds. The molecule has 188 valence electrons. The van der Waals surface area contributed by atoms with Crippen molar-refractivity contribution in [2.24, 2.45) is 0 Å². The molecule has 13 nitrogen and oxygen atoms in total. The van der Waals surface area contributed by atoms with Crippen LogP contribution < -0.4 is 23.8 Å². The molecule has 3 rings (SSSR count). The summed E-state index contributed by atoms with van der Waals surface area (Å²) in [6, 6.07) is 2.79. The fourth-order valence-corrected chi connectivity index (χ4v) is 5.74. The number of benzene rings is 1. The van der Waals surface area contributed by atoms with Gasteiger partial charge in [-0.15, -0.1) is 0 Å². The number of hydrogen-bond acceptors (Lipinski definition) is 7. The minimum absolute atomic E-state index is 0.00479. The van der Waals surface area contributed by atoms with Crippen LogP contribution in [0.2, 0.25) is 0 Å². The largest absolute Gasteiger partial charge is 0.485 e. The molecule has 0 saturated carbocycles. The van der Waals surface area contributed by atoms with E-state index in [4.69, 9.17) is 9.84 Å². The van der Waals surface area contributed by atoms with Crippen LogP contribution >= 0.6 is 0 Å². The number of amides is 1. The van der Waals surface area contributed by atoms with Crippen molar-refractivity contribution in [2.45, 2.75) is 37.4 Å². The minimum Gasteiger partial charge on any atom is -0.485 e. The Labute approximate surface area is 193 Å². The minimum atomic E-state index is -4.54. The monoisotopic (exact) mass is 524 g/mol. The number of aromatic nitrogens is 2. The van der Waals surface area contributed by atoms with E-state index in [-0.39, 0.29) is 34.0 Å². The maximum Gasteiger partial charge on any atom is 0.409 e. The number of ether oxygens (including phenoxy) is 1. The van der Waals surface area contributed by atoms with Crippen LogP contribution in [0.4, 0.5) is 25.0 Å². The Bertz CT molecular complexity index is 1300. The van der Waals surface area contributed by atoms with Crippen LogP contribution in [-0.2, 0) is 20.2 Å². The van der Waals surface area contributed by atoms with E-state index in [2.05, 4.69) is 19.9 Å². The van der Waals surface area contributed by atoms with E-state index in [9.17, 15) is 30.4 Å². The van der Waals surface area contributed by atoms with Crippen molar-refractivity contribution in [2.75, 3.05) is 23.2 Å². The highest BCUT2D eigenvalue weighted by atomic mass is 32.2. The quantitative estimate of drug-likeness (QED) is 0.397. The summed E-state index contributed by atoms with van der Waals surface area (Å²) >= 11 is 0. The molecule has 1 aliphatic heterocycles. The summed E-state index contributed by atoms with van der Waals surface area (Å²) < 4.78 is 88.3. The third-order valence-electron chi connectivity index (χ3n) is 4.99. The van der Waals surface area contributed by atoms with Gasteiger partial charge in [-0.1, -0.05) is 0 Å². The molecule has 0 aliphatic carbocycles. The average Bonchev–Trinajstić information content (AvgIpc) is 3.14. The van der Waals surface area contributed by atoms with Crippen LogP contribution in [-0.4, -0.2) is 63.6 Å². The van der Waals surface area contributed by atoms with Crippen molar-refractivity contribution in [3.05, 3.63) is 30.1 Å². The molecule has 2 aromatic rings. The summed E-state index contributed by atoms with van der Waals surface area (Å²) in [4.78, 5) is 10.5. The highest BCUT2D eigenvalue weighted by Gasteiger charge is 2.42. The van der Waals surface area contributed by atoms with Crippen LogP contribution in [0, 0.1) is 6.92 Å². The number of halogens is 2. The number of sulfonamides is 1. The first-order chi connectivity index (χ1) is 15.8. The maximum absolute atomic E-state index is 13.6. The molecule has 2 atom stereocenters. The van der Waals surface area contributed by atoms with E-state index >= 15 is 0 Å². The summed E-state index contributed by atoms with van der Waals surface area (Å²) in [7, 11) is -7.23. The predicted molar refractivity (Wildman–Crippen MR) is 116 cm³/mol. The van der Waals surface area contributed by atoms with Gasteiger partial charge in [-0.2, -0.15) is 27.0 Å². The summed E-state index contributed by atoms with van der Waals surface area (Å²) in [5.74, 6) is 0.00479. The lowest BCUT2D eigenvalue weighted by Gasteiger charge is -2.41. The third-order valence-corrected chi connectivity index (χ3v) is 8.07. The molecule has 1 aromatic heterocycles. The second kappa shape index (κ2) is 9.32. The smallest absolute Gasteiger partial charge is 0.409 e. The number of fused-ring (bicyclic) bond motifs is 1. The molecule has 1 aliphatic rings. The summed E-state index contributed by atoms with van der Waals surface area (Å²) in [6.07, 6.45) is -1.74. The zero-order valence-corrected chi connectivity index (χ0v) is 19.7. The van der Waals surface area contributed by atoms with E-state index in [1.54, 1.807) is 0 Å². The van der Waals surface area contributed by atoms with Crippen molar-refractivity contribution >= 4 is 37.7 Å². The van der Waals surface area contributed by atoms with E-state index in [0.717, 1.165) is 4.31 Å². The fourth-order valence-electron chi connectivity index (χ4n) is 3.37. The molecule has 0 spiro atoms. The number of anilines is 2. The van der Waals surface area contributed by atoms with Crippen LogP contribution in [0.25, 0.3) is 0 Å².